The number of thioether (sulfide) groups is 1. The molecule has 2 aliphatic heterocycles. The smallest absolute Gasteiger partial charge is 0.315 e. The van der Waals surface area contributed by atoms with E-state index < -0.39 is 0 Å². The molecule has 2 saturated heterocycles. The van der Waals surface area contributed by atoms with Crippen molar-refractivity contribution in [3.63, 3.8) is 0 Å². The van der Waals surface area contributed by atoms with E-state index in [2.05, 4.69) is 20.9 Å². The van der Waals surface area contributed by atoms with E-state index >= 15 is 0 Å². The van der Waals surface area contributed by atoms with E-state index in [0.717, 1.165) is 42.0 Å². The average molecular weight is 418 g/mol. The van der Waals surface area contributed by atoms with Crippen LogP contribution in [0, 0.1) is 0 Å². The summed E-state index contributed by atoms with van der Waals surface area (Å²) in [6.07, 6.45) is 3.35. The maximum Gasteiger partial charge on any atom is 0.315 e. The van der Waals surface area contributed by atoms with E-state index in [1.54, 1.807) is 0 Å². The summed E-state index contributed by atoms with van der Waals surface area (Å²) in [5.41, 5.74) is 8.28. The molecule has 0 bridgehead atoms. The second-order valence-corrected chi connectivity index (χ2v) is 9.23. The third-order valence-corrected chi connectivity index (χ3v) is 7.25. The first-order valence-corrected chi connectivity index (χ1v) is 11.3. The number of carbonyl (C=O) groups excluding carboxylic acids is 2. The highest BCUT2D eigenvalue weighted by Crippen LogP contribution is 2.33. The van der Waals surface area contributed by atoms with Gasteiger partial charge in [-0.2, -0.15) is 11.8 Å². The first kappa shape index (κ1) is 19.1. The highest BCUT2D eigenvalue weighted by atomic mass is 32.2. The van der Waals surface area contributed by atoms with Crippen LogP contribution in [-0.4, -0.2) is 40.0 Å². The molecular weight excluding hydrogens is 394 g/mol. The van der Waals surface area contributed by atoms with Gasteiger partial charge < -0.3 is 21.7 Å². The van der Waals surface area contributed by atoms with Crippen LogP contribution < -0.4 is 21.7 Å². The molecule has 2 fully saturated rings. The lowest BCUT2D eigenvalue weighted by Crippen LogP contribution is -2.36. The zero-order chi connectivity index (χ0) is 19.5. The number of nitrogens with two attached hydrogens (primary N) is 1. The monoisotopic (exact) mass is 417 g/mol. The molecule has 3 atom stereocenters. The Hall–Kier alpha value is -2.26. The number of aromatic nitrogens is 1. The maximum absolute atomic E-state index is 12.2. The summed E-state index contributed by atoms with van der Waals surface area (Å²) in [4.78, 5) is 27.8. The summed E-state index contributed by atoms with van der Waals surface area (Å²) >= 11 is 3.32. The van der Waals surface area contributed by atoms with E-state index in [1.165, 1.54) is 11.3 Å². The lowest BCUT2D eigenvalue weighted by molar-refractivity contribution is -0.116. The van der Waals surface area contributed by atoms with Crippen LogP contribution in [0.5, 0.6) is 0 Å². The number of rotatable bonds is 7. The minimum atomic E-state index is -0.0519. The second kappa shape index (κ2) is 8.40. The van der Waals surface area contributed by atoms with Crippen LogP contribution >= 0.6 is 23.1 Å². The topological polar surface area (TPSA) is 109 Å². The largest absolute Gasteiger partial charge is 0.375 e. The molecule has 4 rings (SSSR count). The van der Waals surface area contributed by atoms with Crippen molar-refractivity contribution in [2.45, 2.75) is 43.0 Å². The highest BCUT2D eigenvalue weighted by molar-refractivity contribution is 8.00. The van der Waals surface area contributed by atoms with Gasteiger partial charge in [0.15, 0.2) is 5.13 Å². The maximum atomic E-state index is 12.2. The SMILES string of the molecule is Nc1nc(-c2ccc(NC(=O)CCCCC3SCC4NC(=O)NC43)cc2)cs1. The standard InChI is InChI=1S/C19H23N5O2S2/c20-18-22-13(9-28-18)11-5-7-12(8-6-11)21-16(25)4-2-1-3-15-17-14(10-27-15)23-19(26)24-17/h5-9,14-15,17H,1-4,10H2,(H2,20,22)(H,21,25)(H2,23,24,26). The molecule has 0 saturated carbocycles. The first-order valence-electron chi connectivity index (χ1n) is 9.38. The summed E-state index contributed by atoms with van der Waals surface area (Å²) < 4.78 is 0. The molecule has 148 valence electrons. The lowest BCUT2D eigenvalue weighted by Gasteiger charge is -2.16. The summed E-state index contributed by atoms with van der Waals surface area (Å²) in [5, 5.41) is 11.8. The van der Waals surface area contributed by atoms with Gasteiger partial charge in [-0.3, -0.25) is 4.79 Å². The van der Waals surface area contributed by atoms with Crippen LogP contribution in [0.4, 0.5) is 15.6 Å². The van der Waals surface area contributed by atoms with E-state index in [-0.39, 0.29) is 24.0 Å². The van der Waals surface area contributed by atoms with Gasteiger partial charge in [-0.1, -0.05) is 18.6 Å². The molecule has 1 aromatic carbocycles. The Balaban J connectivity index is 1.18. The number of fused-ring (bicyclic) bond motifs is 1. The van der Waals surface area contributed by atoms with Crippen molar-refractivity contribution in [1.29, 1.82) is 0 Å². The van der Waals surface area contributed by atoms with E-state index in [1.807, 2.05) is 41.4 Å². The van der Waals surface area contributed by atoms with Gasteiger partial charge in [0.05, 0.1) is 17.8 Å². The fraction of sp³-hybridized carbons (Fsp3) is 0.421. The molecule has 1 aromatic heterocycles. The van der Waals surface area contributed by atoms with Gasteiger partial charge in [0.1, 0.15) is 0 Å². The van der Waals surface area contributed by atoms with Crippen molar-refractivity contribution < 1.29 is 9.59 Å². The van der Waals surface area contributed by atoms with Gasteiger partial charge in [0.2, 0.25) is 5.91 Å². The number of urea groups is 1. The Morgan fingerprint density at radius 3 is 2.82 bits per heavy atom. The molecule has 28 heavy (non-hydrogen) atoms. The Bertz CT molecular complexity index is 854. The van der Waals surface area contributed by atoms with E-state index in [4.69, 9.17) is 5.73 Å². The Kier molecular flexibility index (Phi) is 5.72. The number of carbonyl (C=O) groups is 2. The minimum absolute atomic E-state index is 0.0263. The van der Waals surface area contributed by atoms with Crippen molar-refractivity contribution in [2.75, 3.05) is 16.8 Å². The van der Waals surface area contributed by atoms with Gasteiger partial charge in [-0.15, -0.1) is 11.3 Å². The van der Waals surface area contributed by atoms with Crippen molar-refractivity contribution in [1.82, 2.24) is 15.6 Å². The van der Waals surface area contributed by atoms with Gasteiger partial charge in [-0.05, 0) is 25.0 Å². The number of nitrogens with one attached hydrogen (secondary N) is 3. The number of hydrogen-bond donors (Lipinski definition) is 4. The number of amides is 3. The molecule has 7 nitrogen and oxygen atoms in total. The number of anilines is 2. The molecule has 5 N–H and O–H groups in total. The minimum Gasteiger partial charge on any atom is -0.375 e. The number of nitrogen functional groups attached to an aromatic ring is 1. The fourth-order valence-electron chi connectivity index (χ4n) is 3.64. The van der Waals surface area contributed by atoms with Crippen LogP contribution in [-0.2, 0) is 4.79 Å². The first-order chi connectivity index (χ1) is 13.6. The molecule has 3 amide bonds. The molecule has 2 aromatic rings. The van der Waals surface area contributed by atoms with Crippen molar-refractivity contribution in [3.8, 4) is 11.3 Å². The molecule has 0 radical (unpaired) electrons. The predicted octanol–water partition coefficient (Wildman–Crippen LogP) is 3.06. The van der Waals surface area contributed by atoms with Crippen LogP contribution in [0.1, 0.15) is 25.7 Å². The predicted molar refractivity (Wildman–Crippen MR) is 115 cm³/mol. The van der Waals surface area contributed by atoms with Crippen molar-refractivity contribution >= 4 is 45.9 Å². The molecule has 9 heteroatoms. The van der Waals surface area contributed by atoms with E-state index in [9.17, 15) is 9.59 Å². The Labute approximate surface area is 171 Å². The Morgan fingerprint density at radius 2 is 2.07 bits per heavy atom. The number of hydrogen-bond acceptors (Lipinski definition) is 6. The van der Waals surface area contributed by atoms with Gasteiger partial charge in [0, 0.05) is 34.1 Å². The van der Waals surface area contributed by atoms with Crippen LogP contribution in [0.25, 0.3) is 11.3 Å². The second-order valence-electron chi connectivity index (χ2n) is 7.06. The number of thiazole rings is 1. The quantitative estimate of drug-likeness (QED) is 0.409. The number of unbranched alkanes of at least 4 members (excludes halogenated alkanes) is 1. The lowest BCUT2D eigenvalue weighted by atomic mass is 10.0. The molecule has 2 aliphatic rings. The van der Waals surface area contributed by atoms with Crippen LogP contribution in [0.15, 0.2) is 29.6 Å². The number of benzene rings is 1. The van der Waals surface area contributed by atoms with Crippen molar-refractivity contribution in [2.24, 2.45) is 0 Å². The van der Waals surface area contributed by atoms with Crippen LogP contribution in [0.3, 0.4) is 0 Å². The fourth-order valence-corrected chi connectivity index (χ4v) is 5.76. The number of nitrogens with zero attached hydrogens (tertiary/aromatic N) is 1. The Morgan fingerprint density at radius 1 is 1.25 bits per heavy atom. The van der Waals surface area contributed by atoms with Crippen LogP contribution in [0.2, 0.25) is 0 Å². The summed E-state index contributed by atoms with van der Waals surface area (Å²) in [6.45, 7) is 0. The molecular formula is C19H23N5O2S2. The van der Waals surface area contributed by atoms with Crippen molar-refractivity contribution in [3.05, 3.63) is 29.6 Å². The summed E-state index contributed by atoms with van der Waals surface area (Å²) in [6, 6.07) is 8.07. The highest BCUT2D eigenvalue weighted by Gasteiger charge is 2.42. The summed E-state index contributed by atoms with van der Waals surface area (Å²) in [5.74, 6) is 0.997. The zero-order valence-electron chi connectivity index (χ0n) is 15.3. The van der Waals surface area contributed by atoms with Gasteiger partial charge in [0.25, 0.3) is 0 Å². The average Bonchev–Trinajstić information content (AvgIpc) is 3.36. The zero-order valence-corrected chi connectivity index (χ0v) is 16.9. The normalized spacial score (nSPS) is 23.1. The van der Waals surface area contributed by atoms with Gasteiger partial charge in [-0.25, -0.2) is 9.78 Å². The van der Waals surface area contributed by atoms with E-state index in [0.29, 0.717) is 16.8 Å². The molecule has 0 aliphatic carbocycles. The molecule has 3 heterocycles. The summed E-state index contributed by atoms with van der Waals surface area (Å²) in [7, 11) is 0. The van der Waals surface area contributed by atoms with Gasteiger partial charge >= 0.3 is 6.03 Å². The molecule has 3 unspecified atom stereocenters. The third-order valence-electron chi connectivity index (χ3n) is 5.07. The third kappa shape index (κ3) is 4.41. The molecule has 0 spiro atoms.